The van der Waals surface area contributed by atoms with Crippen LogP contribution in [0.15, 0.2) is 0 Å². The second kappa shape index (κ2) is 7.52. The molecule has 2 atom stereocenters. The average molecular weight is 259 g/mol. The van der Waals surface area contributed by atoms with Crippen LogP contribution in [0.2, 0.25) is 0 Å². The molecule has 0 saturated carbocycles. The van der Waals surface area contributed by atoms with Gasteiger partial charge in [0.15, 0.2) is 0 Å². The molecule has 0 aliphatic carbocycles. The number of urea groups is 1. The Morgan fingerprint density at radius 3 is 2.28 bits per heavy atom. The number of carbonyl (C=O) groups excluding carboxylic acids is 2. The third kappa shape index (κ3) is 5.03. The third-order valence-electron chi connectivity index (χ3n) is 2.59. The molecular formula is C11H21N3O4. The molecule has 0 aromatic carbocycles. The molecule has 3 N–H and O–H groups in total. The maximum atomic E-state index is 11.7. The van der Waals surface area contributed by atoms with Crippen LogP contribution in [-0.2, 0) is 9.59 Å². The van der Waals surface area contributed by atoms with Crippen molar-refractivity contribution in [1.82, 2.24) is 15.5 Å². The molecule has 0 spiro atoms. The number of rotatable bonds is 6. The summed E-state index contributed by atoms with van der Waals surface area (Å²) in [7, 11) is 3.04. The highest BCUT2D eigenvalue weighted by Gasteiger charge is 2.22. The number of carboxylic acid groups (broad SMARTS) is 1. The summed E-state index contributed by atoms with van der Waals surface area (Å²) in [6.07, 6.45) is 0.305. The summed E-state index contributed by atoms with van der Waals surface area (Å²) in [5.41, 5.74) is 0. The highest BCUT2D eigenvalue weighted by atomic mass is 16.4. The lowest BCUT2D eigenvalue weighted by Crippen LogP contribution is -2.48. The highest BCUT2D eigenvalue weighted by Crippen LogP contribution is 2.00. The Bertz CT molecular complexity index is 319. The van der Waals surface area contributed by atoms with Gasteiger partial charge in [0.1, 0.15) is 6.04 Å². The van der Waals surface area contributed by atoms with E-state index in [0.717, 1.165) is 0 Å². The standard InChI is InChI=1S/C11H21N3O4/c1-5-8(10(16)17)13-11(18)14(4)6-7(2)9(15)12-3/h7-8H,5-6H2,1-4H3,(H,12,15)(H,13,18)(H,16,17)/t7?,8-/m1/s1. The van der Waals surface area contributed by atoms with Gasteiger partial charge in [-0.15, -0.1) is 0 Å². The largest absolute Gasteiger partial charge is 0.480 e. The first-order chi connectivity index (χ1) is 8.33. The average Bonchev–Trinajstić information content (AvgIpc) is 2.33. The van der Waals surface area contributed by atoms with Crippen molar-refractivity contribution in [3.63, 3.8) is 0 Å². The zero-order chi connectivity index (χ0) is 14.3. The van der Waals surface area contributed by atoms with E-state index in [0.29, 0.717) is 6.42 Å². The van der Waals surface area contributed by atoms with E-state index in [-0.39, 0.29) is 18.4 Å². The quantitative estimate of drug-likeness (QED) is 0.619. The summed E-state index contributed by atoms with van der Waals surface area (Å²) in [5.74, 6) is -1.59. The van der Waals surface area contributed by atoms with Crippen molar-refractivity contribution in [3.8, 4) is 0 Å². The SMILES string of the molecule is CC[C@@H](NC(=O)N(C)CC(C)C(=O)NC)C(=O)O. The van der Waals surface area contributed by atoms with Crippen molar-refractivity contribution in [2.24, 2.45) is 5.92 Å². The van der Waals surface area contributed by atoms with Gasteiger partial charge in [0.05, 0.1) is 5.92 Å². The van der Waals surface area contributed by atoms with Gasteiger partial charge in [-0.1, -0.05) is 13.8 Å². The molecule has 0 bridgehead atoms. The predicted octanol–water partition coefficient (Wildman–Crippen LogP) is -0.127. The van der Waals surface area contributed by atoms with Crippen LogP contribution in [0, 0.1) is 5.92 Å². The molecule has 0 rings (SSSR count). The zero-order valence-electron chi connectivity index (χ0n) is 11.2. The molecule has 1 unspecified atom stereocenters. The summed E-state index contributed by atoms with van der Waals surface area (Å²) in [4.78, 5) is 35.0. The summed E-state index contributed by atoms with van der Waals surface area (Å²) < 4.78 is 0. The van der Waals surface area contributed by atoms with Crippen LogP contribution in [0.3, 0.4) is 0 Å². The van der Waals surface area contributed by atoms with Gasteiger partial charge >= 0.3 is 12.0 Å². The fourth-order valence-electron chi connectivity index (χ4n) is 1.42. The van der Waals surface area contributed by atoms with Gasteiger partial charge in [0.2, 0.25) is 5.91 Å². The number of carbonyl (C=O) groups is 3. The van der Waals surface area contributed by atoms with E-state index in [1.807, 2.05) is 0 Å². The normalized spacial score (nSPS) is 13.3. The molecular weight excluding hydrogens is 238 g/mol. The van der Waals surface area contributed by atoms with E-state index in [1.54, 1.807) is 13.8 Å². The van der Waals surface area contributed by atoms with Crippen LogP contribution >= 0.6 is 0 Å². The Hall–Kier alpha value is -1.79. The summed E-state index contributed by atoms with van der Waals surface area (Å²) in [5, 5.41) is 13.7. The number of nitrogens with one attached hydrogen (secondary N) is 2. The Kier molecular flexibility index (Phi) is 6.77. The van der Waals surface area contributed by atoms with Crippen molar-refractivity contribution in [1.29, 1.82) is 0 Å². The van der Waals surface area contributed by atoms with Crippen LogP contribution in [0.1, 0.15) is 20.3 Å². The Labute approximate surface area is 107 Å². The minimum Gasteiger partial charge on any atom is -0.480 e. The van der Waals surface area contributed by atoms with Gasteiger partial charge in [0, 0.05) is 20.6 Å². The van der Waals surface area contributed by atoms with Gasteiger partial charge in [-0.2, -0.15) is 0 Å². The van der Waals surface area contributed by atoms with E-state index in [1.165, 1.54) is 19.0 Å². The maximum Gasteiger partial charge on any atom is 0.326 e. The van der Waals surface area contributed by atoms with Crippen LogP contribution in [0.4, 0.5) is 4.79 Å². The van der Waals surface area contributed by atoms with Crippen LogP contribution in [0.25, 0.3) is 0 Å². The second-order valence-electron chi connectivity index (χ2n) is 4.14. The molecule has 0 aliphatic rings. The number of nitrogens with zero attached hydrogens (tertiary/aromatic N) is 1. The molecule has 0 aromatic rings. The monoisotopic (exact) mass is 259 g/mol. The lowest BCUT2D eigenvalue weighted by molar-refractivity contribution is -0.139. The molecule has 104 valence electrons. The van der Waals surface area contributed by atoms with Crippen molar-refractivity contribution < 1.29 is 19.5 Å². The molecule has 0 aromatic heterocycles. The minimum absolute atomic E-state index is 0.167. The van der Waals surface area contributed by atoms with E-state index in [4.69, 9.17) is 5.11 Å². The molecule has 0 radical (unpaired) electrons. The van der Waals surface area contributed by atoms with Gasteiger partial charge in [-0.05, 0) is 6.42 Å². The first kappa shape index (κ1) is 16.2. The molecule has 7 nitrogen and oxygen atoms in total. The number of carboxylic acids is 1. The lowest BCUT2D eigenvalue weighted by Gasteiger charge is -2.23. The van der Waals surface area contributed by atoms with Crippen LogP contribution in [0.5, 0.6) is 0 Å². The second-order valence-corrected chi connectivity index (χ2v) is 4.14. The van der Waals surface area contributed by atoms with Gasteiger partial charge < -0.3 is 20.6 Å². The van der Waals surface area contributed by atoms with Crippen molar-refractivity contribution in [2.75, 3.05) is 20.6 Å². The van der Waals surface area contributed by atoms with E-state index in [2.05, 4.69) is 10.6 Å². The Balaban J connectivity index is 4.34. The first-order valence-corrected chi connectivity index (χ1v) is 5.79. The number of amides is 3. The molecule has 0 saturated heterocycles. The molecule has 18 heavy (non-hydrogen) atoms. The summed E-state index contributed by atoms with van der Waals surface area (Å²) >= 11 is 0. The Morgan fingerprint density at radius 1 is 1.33 bits per heavy atom. The molecule has 0 heterocycles. The fraction of sp³-hybridized carbons (Fsp3) is 0.727. The van der Waals surface area contributed by atoms with Gasteiger partial charge in [-0.25, -0.2) is 9.59 Å². The zero-order valence-corrected chi connectivity index (χ0v) is 11.2. The lowest BCUT2D eigenvalue weighted by atomic mass is 10.1. The molecule has 7 heteroatoms. The van der Waals surface area contributed by atoms with Crippen molar-refractivity contribution in [2.45, 2.75) is 26.3 Å². The highest BCUT2D eigenvalue weighted by molar-refractivity contribution is 5.83. The van der Waals surface area contributed by atoms with Crippen LogP contribution in [-0.4, -0.2) is 54.6 Å². The molecule has 0 aliphatic heterocycles. The van der Waals surface area contributed by atoms with E-state index < -0.39 is 18.0 Å². The molecule has 0 fully saturated rings. The summed E-state index contributed by atoms with van der Waals surface area (Å²) in [6, 6.07) is -1.41. The van der Waals surface area contributed by atoms with Gasteiger partial charge in [0.25, 0.3) is 0 Å². The maximum absolute atomic E-state index is 11.7. The summed E-state index contributed by atoms with van der Waals surface area (Å²) in [6.45, 7) is 3.59. The van der Waals surface area contributed by atoms with E-state index in [9.17, 15) is 14.4 Å². The molecule has 3 amide bonds. The smallest absolute Gasteiger partial charge is 0.326 e. The third-order valence-corrected chi connectivity index (χ3v) is 2.59. The van der Waals surface area contributed by atoms with Gasteiger partial charge in [-0.3, -0.25) is 4.79 Å². The topological polar surface area (TPSA) is 98.7 Å². The minimum atomic E-state index is -1.07. The van der Waals surface area contributed by atoms with Crippen molar-refractivity contribution in [3.05, 3.63) is 0 Å². The fourth-order valence-corrected chi connectivity index (χ4v) is 1.42. The number of aliphatic carboxylic acids is 1. The number of hydrogen-bond acceptors (Lipinski definition) is 3. The number of hydrogen-bond donors (Lipinski definition) is 3. The predicted molar refractivity (Wildman–Crippen MR) is 66.1 cm³/mol. The van der Waals surface area contributed by atoms with Crippen LogP contribution < -0.4 is 10.6 Å². The van der Waals surface area contributed by atoms with Crippen molar-refractivity contribution >= 4 is 17.9 Å². The first-order valence-electron chi connectivity index (χ1n) is 5.79. The van der Waals surface area contributed by atoms with E-state index >= 15 is 0 Å². The Morgan fingerprint density at radius 2 is 1.89 bits per heavy atom.